The molecule has 0 saturated carbocycles. The topological polar surface area (TPSA) is 154 Å². The number of nitrogens with zero attached hydrogens (tertiary/aromatic N) is 4. The normalized spacial score (nSPS) is 25.1. The van der Waals surface area contributed by atoms with Crippen LogP contribution < -0.4 is 9.80 Å². The van der Waals surface area contributed by atoms with Gasteiger partial charge >= 0.3 is 0 Å². The molecule has 12 nitrogen and oxygen atoms in total. The highest BCUT2D eigenvalue weighted by Crippen LogP contribution is 2.60. The molecule has 1 spiro atoms. The molecule has 0 unspecified atom stereocenters. The van der Waals surface area contributed by atoms with Gasteiger partial charge in [0, 0.05) is 47.1 Å². The second-order valence-electron chi connectivity index (χ2n) is 13.5. The van der Waals surface area contributed by atoms with Crippen LogP contribution >= 0.6 is 0 Å². The molecule has 6 rings (SSSR count). The fourth-order valence-electron chi connectivity index (χ4n) is 7.98. The van der Waals surface area contributed by atoms with E-state index in [9.17, 15) is 34.4 Å². The highest BCUT2D eigenvalue weighted by atomic mass is 28.4. The first-order valence-electron chi connectivity index (χ1n) is 16.2. The Hall–Kier alpha value is -4.43. The first kappa shape index (κ1) is 33.5. The molecule has 3 aliphatic rings. The summed E-state index contributed by atoms with van der Waals surface area (Å²) < 4.78 is 6.72. The summed E-state index contributed by atoms with van der Waals surface area (Å²) >= 11 is 0. The number of carbonyl (C=O) groups excluding carboxylic acids is 3. The van der Waals surface area contributed by atoms with Crippen LogP contribution in [-0.4, -0.2) is 71.6 Å². The maximum atomic E-state index is 14.7. The molecule has 13 heteroatoms. The number of rotatable bonds is 10. The maximum Gasteiger partial charge on any atom is 0.269 e. The first-order chi connectivity index (χ1) is 22.9. The van der Waals surface area contributed by atoms with Gasteiger partial charge < -0.3 is 24.4 Å². The maximum absolute atomic E-state index is 14.7. The van der Waals surface area contributed by atoms with Crippen LogP contribution in [0.15, 0.2) is 72.8 Å². The van der Waals surface area contributed by atoms with Gasteiger partial charge in [0.05, 0.1) is 42.3 Å². The first-order valence-corrected chi connectivity index (χ1v) is 19.2. The summed E-state index contributed by atoms with van der Waals surface area (Å²) in [7, 11) is -3.09. The molecule has 2 saturated heterocycles. The van der Waals surface area contributed by atoms with Crippen LogP contribution in [0.3, 0.4) is 0 Å². The average Bonchev–Trinajstić information content (AvgIpc) is 3.73. The van der Waals surface area contributed by atoms with E-state index in [1.807, 2.05) is 49.4 Å². The quantitative estimate of drug-likeness (QED) is 0.137. The number of aliphatic hydroxyl groups excluding tert-OH is 1. The number of non-ortho nitro benzene ring substituents is 1. The van der Waals surface area contributed by atoms with Crippen molar-refractivity contribution < 1.29 is 33.9 Å². The largest absolute Gasteiger partial charge is 0.432 e. The Kier molecular flexibility index (Phi) is 8.98. The monoisotopic (exact) mass is 672 g/mol. The van der Waals surface area contributed by atoms with Crippen LogP contribution in [0.5, 0.6) is 0 Å². The minimum absolute atomic E-state index is 0.0854. The molecule has 3 aromatic rings. The molecule has 3 heterocycles. The Morgan fingerprint density at radius 2 is 1.81 bits per heavy atom. The van der Waals surface area contributed by atoms with Crippen LogP contribution in [0.4, 0.5) is 22.7 Å². The molecule has 0 aliphatic carbocycles. The third kappa shape index (κ3) is 5.70. The average molecular weight is 673 g/mol. The summed E-state index contributed by atoms with van der Waals surface area (Å²) in [6.45, 7) is 5.82. The molecule has 5 atom stereocenters. The predicted molar refractivity (Wildman–Crippen MR) is 181 cm³/mol. The van der Waals surface area contributed by atoms with Crippen molar-refractivity contribution in [2.75, 3.05) is 23.0 Å². The van der Waals surface area contributed by atoms with Crippen molar-refractivity contribution in [3.63, 3.8) is 0 Å². The summed E-state index contributed by atoms with van der Waals surface area (Å²) in [6.07, 6.45) is 1.30. The number of hydrogen-bond acceptors (Lipinski definition) is 8. The van der Waals surface area contributed by atoms with Gasteiger partial charge in [0.15, 0.2) is 13.9 Å². The van der Waals surface area contributed by atoms with Crippen LogP contribution in [0.2, 0.25) is 18.6 Å². The number of aliphatic hydroxyl groups is 1. The molecular formula is C35H40N4O8Si. The molecule has 0 radical (unpaired) electrons. The standard InChI is InChI=1S/C35H40N4O8Si/c1-23-33(48(2,3)46)31(19-32(42)36-17-7-10-28(36)21-40)47-35(23)29-18-27(39(44)45)15-16-30(29)37(34(35)43)20-24-11-13-26(14-12-24)38(22-41)25-8-5-4-6-9-25/h4-6,8-9,11-16,18,22-23,28,31,33,40,46H,7,10,17,19-21H2,1-3H3/t23-,28+,31+,33-,35+/m1/s1. The molecule has 3 aliphatic heterocycles. The summed E-state index contributed by atoms with van der Waals surface area (Å²) in [6, 6.07) is 20.4. The molecule has 252 valence electrons. The Labute approximate surface area is 279 Å². The highest BCUT2D eigenvalue weighted by Gasteiger charge is 2.66. The summed E-state index contributed by atoms with van der Waals surface area (Å²) in [4.78, 5) is 67.9. The number of hydrogen-bond donors (Lipinski definition) is 2. The van der Waals surface area contributed by atoms with E-state index in [2.05, 4.69) is 0 Å². The van der Waals surface area contributed by atoms with Gasteiger partial charge in [0.1, 0.15) is 0 Å². The zero-order valence-corrected chi connectivity index (χ0v) is 28.2. The zero-order chi connectivity index (χ0) is 34.4. The van der Waals surface area contributed by atoms with E-state index in [1.165, 1.54) is 17.0 Å². The lowest BCUT2D eigenvalue weighted by Crippen LogP contribution is -2.46. The van der Waals surface area contributed by atoms with Crippen molar-refractivity contribution in [2.45, 2.75) is 69.1 Å². The van der Waals surface area contributed by atoms with Crippen LogP contribution in [0.25, 0.3) is 0 Å². The molecule has 0 bridgehead atoms. The van der Waals surface area contributed by atoms with Crippen LogP contribution in [0.1, 0.15) is 37.3 Å². The second-order valence-corrected chi connectivity index (χ2v) is 17.4. The van der Waals surface area contributed by atoms with Crippen molar-refractivity contribution in [3.8, 4) is 0 Å². The number of nitro groups is 1. The molecular weight excluding hydrogens is 632 g/mol. The minimum atomic E-state index is -3.09. The summed E-state index contributed by atoms with van der Waals surface area (Å²) in [5, 5.41) is 21.8. The predicted octanol–water partition coefficient (Wildman–Crippen LogP) is 4.61. The second kappa shape index (κ2) is 12.9. The van der Waals surface area contributed by atoms with E-state index in [-0.39, 0.29) is 37.2 Å². The number of ether oxygens (including phenoxy) is 1. The number of fused-ring (bicyclic) bond motifs is 2. The van der Waals surface area contributed by atoms with Crippen molar-refractivity contribution in [1.29, 1.82) is 0 Å². The number of benzene rings is 3. The SMILES string of the molecule is C[C@@H]1[C@@H]([Si](C)(C)O)[C@H](CC(=O)N2CCC[C@H]2CO)O[C@@]12C(=O)N(Cc1ccc(N(C=O)c3ccccc3)cc1)c1ccc([N+](=O)[O-])cc12. The molecule has 2 N–H and O–H groups in total. The van der Waals surface area contributed by atoms with Gasteiger partial charge in [-0.3, -0.25) is 29.4 Å². The molecule has 48 heavy (non-hydrogen) atoms. The Balaban J connectivity index is 1.35. The van der Waals surface area contributed by atoms with E-state index < -0.39 is 42.3 Å². The van der Waals surface area contributed by atoms with Gasteiger partial charge in [0.2, 0.25) is 12.3 Å². The molecule has 3 aromatic carbocycles. The highest BCUT2D eigenvalue weighted by molar-refractivity contribution is 6.71. The third-order valence-electron chi connectivity index (χ3n) is 10.2. The Morgan fingerprint density at radius 3 is 2.44 bits per heavy atom. The molecule has 0 aromatic heterocycles. The zero-order valence-electron chi connectivity index (χ0n) is 27.2. The Bertz CT molecular complexity index is 1720. The number of anilines is 3. The molecule has 2 fully saturated rings. The van der Waals surface area contributed by atoms with Gasteiger partial charge in [-0.25, -0.2) is 0 Å². The minimum Gasteiger partial charge on any atom is -0.432 e. The van der Waals surface area contributed by atoms with Gasteiger partial charge in [-0.15, -0.1) is 0 Å². The fourth-order valence-corrected chi connectivity index (χ4v) is 10.5. The van der Waals surface area contributed by atoms with Gasteiger partial charge in [-0.1, -0.05) is 37.3 Å². The smallest absolute Gasteiger partial charge is 0.269 e. The Morgan fingerprint density at radius 1 is 1.12 bits per heavy atom. The number of para-hydroxylation sites is 1. The third-order valence-corrected chi connectivity index (χ3v) is 12.7. The van der Waals surface area contributed by atoms with Crippen molar-refractivity contribution >= 4 is 49.3 Å². The van der Waals surface area contributed by atoms with Crippen molar-refractivity contribution in [3.05, 3.63) is 94.0 Å². The lowest BCUT2D eigenvalue weighted by atomic mass is 9.82. The van der Waals surface area contributed by atoms with Crippen LogP contribution in [-0.2, 0) is 31.3 Å². The number of nitro benzene ring substituents is 1. The van der Waals surface area contributed by atoms with E-state index in [0.717, 1.165) is 18.4 Å². The van der Waals surface area contributed by atoms with Crippen LogP contribution in [0, 0.1) is 16.0 Å². The van der Waals surface area contributed by atoms with Gasteiger partial charge in [-0.05, 0) is 61.8 Å². The van der Waals surface area contributed by atoms with Crippen molar-refractivity contribution in [2.24, 2.45) is 5.92 Å². The summed E-state index contributed by atoms with van der Waals surface area (Å²) in [5.74, 6) is -1.24. The van der Waals surface area contributed by atoms with E-state index in [1.54, 1.807) is 41.1 Å². The summed E-state index contributed by atoms with van der Waals surface area (Å²) in [5.41, 5.74) is 0.498. The van der Waals surface area contributed by atoms with Gasteiger partial charge in [-0.2, -0.15) is 0 Å². The van der Waals surface area contributed by atoms with E-state index in [4.69, 9.17) is 4.74 Å². The lowest BCUT2D eigenvalue weighted by molar-refractivity contribution is -0.385. The number of carbonyl (C=O) groups is 3. The fraction of sp³-hybridized carbons (Fsp3) is 0.400. The van der Waals surface area contributed by atoms with Crippen molar-refractivity contribution in [1.82, 2.24) is 4.90 Å². The number of likely N-dealkylation sites (tertiary alicyclic amines) is 1. The van der Waals surface area contributed by atoms with E-state index in [0.29, 0.717) is 35.6 Å². The van der Waals surface area contributed by atoms with E-state index >= 15 is 0 Å². The molecule has 3 amide bonds. The number of amides is 3. The lowest BCUT2D eigenvalue weighted by Gasteiger charge is -2.32. The van der Waals surface area contributed by atoms with Gasteiger partial charge in [0.25, 0.3) is 11.6 Å².